The van der Waals surface area contributed by atoms with Crippen molar-refractivity contribution in [2.75, 3.05) is 0 Å². The number of furan rings is 1. The van der Waals surface area contributed by atoms with Crippen LogP contribution in [0.15, 0.2) is 186 Å². The average molecular weight is 748 g/mol. The van der Waals surface area contributed by atoms with E-state index in [1.165, 1.54) is 28.4 Å². The Morgan fingerprint density at radius 1 is 0.362 bits per heavy atom. The lowest BCUT2D eigenvalue weighted by Gasteiger charge is -2.12. The van der Waals surface area contributed by atoms with Gasteiger partial charge in [0.25, 0.3) is 0 Å². The standard InChI is InChI=1S/C51H30FN5O/c52-35-22-26-48-42(30-35)41-28-34(21-25-47(41)58-48)50-53-49(31-11-3-1-4-12-31)54-51(55-50)57-44-18-10-7-15-37(44)39-23-19-33(29-46(39)57)32-20-24-45-40(27-32)38-16-8-9-17-43(38)56(45)36-13-5-2-6-14-36/h1-30H. The number of aromatic nitrogens is 5. The molecule has 0 aliphatic heterocycles. The minimum atomic E-state index is -0.320. The number of halogens is 1. The van der Waals surface area contributed by atoms with Gasteiger partial charge in [-0.3, -0.25) is 4.57 Å². The van der Waals surface area contributed by atoms with E-state index in [0.717, 1.165) is 60.6 Å². The van der Waals surface area contributed by atoms with E-state index in [1.54, 1.807) is 6.07 Å². The summed E-state index contributed by atoms with van der Waals surface area (Å²) in [7, 11) is 0. The van der Waals surface area contributed by atoms with Gasteiger partial charge in [-0.25, -0.2) is 9.37 Å². The summed E-state index contributed by atoms with van der Waals surface area (Å²) in [5.74, 6) is 1.22. The molecule has 4 aromatic heterocycles. The number of rotatable bonds is 5. The highest BCUT2D eigenvalue weighted by Gasteiger charge is 2.20. The number of benzene rings is 8. The first-order valence-corrected chi connectivity index (χ1v) is 19.2. The summed E-state index contributed by atoms with van der Waals surface area (Å²) in [4.78, 5) is 15.4. The molecule has 7 heteroatoms. The van der Waals surface area contributed by atoms with Crippen LogP contribution in [0.5, 0.6) is 0 Å². The van der Waals surface area contributed by atoms with Crippen LogP contribution in [0.3, 0.4) is 0 Å². The zero-order chi connectivity index (χ0) is 38.3. The predicted octanol–water partition coefficient (Wildman–Crippen LogP) is 13.1. The molecule has 12 aromatic rings. The maximum Gasteiger partial charge on any atom is 0.238 e. The van der Waals surface area contributed by atoms with E-state index in [2.05, 4.69) is 118 Å². The third kappa shape index (κ3) is 5.00. The fraction of sp³-hybridized carbons (Fsp3) is 0. The molecule has 0 N–H and O–H groups in total. The first kappa shape index (κ1) is 32.4. The highest BCUT2D eigenvalue weighted by Crippen LogP contribution is 2.39. The maximum atomic E-state index is 14.4. The van der Waals surface area contributed by atoms with Gasteiger partial charge in [0.05, 0.1) is 22.1 Å². The van der Waals surface area contributed by atoms with Gasteiger partial charge >= 0.3 is 0 Å². The fourth-order valence-corrected chi connectivity index (χ4v) is 8.57. The third-order valence-electron chi connectivity index (χ3n) is 11.2. The number of nitrogens with zero attached hydrogens (tertiary/aromatic N) is 5. The molecule has 0 amide bonds. The monoisotopic (exact) mass is 747 g/mol. The molecule has 0 fully saturated rings. The van der Waals surface area contributed by atoms with Gasteiger partial charge < -0.3 is 8.98 Å². The molecule has 58 heavy (non-hydrogen) atoms. The molecule has 0 unspecified atom stereocenters. The van der Waals surface area contributed by atoms with Gasteiger partial charge in [0.15, 0.2) is 11.6 Å². The number of para-hydroxylation sites is 3. The highest BCUT2D eigenvalue weighted by atomic mass is 19.1. The first-order chi connectivity index (χ1) is 28.6. The minimum absolute atomic E-state index is 0.320. The smallest absolute Gasteiger partial charge is 0.238 e. The Balaban J connectivity index is 1.08. The van der Waals surface area contributed by atoms with Gasteiger partial charge in [-0.15, -0.1) is 0 Å². The molecule has 0 saturated heterocycles. The predicted molar refractivity (Wildman–Crippen MR) is 232 cm³/mol. The summed E-state index contributed by atoms with van der Waals surface area (Å²) in [6.07, 6.45) is 0. The molecule has 0 atom stereocenters. The molecule has 0 aliphatic carbocycles. The van der Waals surface area contributed by atoms with E-state index in [1.807, 2.05) is 54.6 Å². The molecule has 6 nitrogen and oxygen atoms in total. The van der Waals surface area contributed by atoms with Crippen molar-refractivity contribution in [2.45, 2.75) is 0 Å². The Morgan fingerprint density at radius 3 is 1.71 bits per heavy atom. The van der Waals surface area contributed by atoms with Crippen LogP contribution in [0, 0.1) is 5.82 Å². The first-order valence-electron chi connectivity index (χ1n) is 19.2. The number of hydrogen-bond acceptors (Lipinski definition) is 4. The van der Waals surface area contributed by atoms with Crippen molar-refractivity contribution < 1.29 is 8.81 Å². The molecule has 0 radical (unpaired) electrons. The molecule has 12 rings (SSSR count). The normalized spacial score (nSPS) is 11.9. The van der Waals surface area contributed by atoms with Crippen LogP contribution in [0.25, 0.3) is 111 Å². The molecule has 0 spiro atoms. The van der Waals surface area contributed by atoms with E-state index in [-0.39, 0.29) is 5.82 Å². The lowest BCUT2D eigenvalue weighted by molar-refractivity contribution is 0.626. The van der Waals surface area contributed by atoms with Crippen molar-refractivity contribution in [3.63, 3.8) is 0 Å². The third-order valence-corrected chi connectivity index (χ3v) is 11.2. The van der Waals surface area contributed by atoms with E-state index in [0.29, 0.717) is 34.1 Å². The summed E-state index contributed by atoms with van der Waals surface area (Å²) in [5.41, 5.74) is 10.5. The van der Waals surface area contributed by atoms with Crippen molar-refractivity contribution in [1.82, 2.24) is 24.1 Å². The van der Waals surface area contributed by atoms with Gasteiger partial charge in [0, 0.05) is 49.1 Å². The second kappa shape index (κ2) is 12.6. The summed E-state index contributed by atoms with van der Waals surface area (Å²) in [5, 5.41) is 6.08. The van der Waals surface area contributed by atoms with E-state index >= 15 is 0 Å². The van der Waals surface area contributed by atoms with Crippen LogP contribution in [0.1, 0.15) is 0 Å². The summed E-state index contributed by atoms with van der Waals surface area (Å²) in [6, 6.07) is 61.3. The van der Waals surface area contributed by atoms with Crippen LogP contribution in [-0.4, -0.2) is 24.1 Å². The maximum absolute atomic E-state index is 14.4. The topological polar surface area (TPSA) is 61.7 Å². The van der Waals surface area contributed by atoms with Crippen LogP contribution in [0.4, 0.5) is 4.39 Å². The lowest BCUT2D eigenvalue weighted by atomic mass is 10.0. The largest absolute Gasteiger partial charge is 0.456 e. The molecular weight excluding hydrogens is 718 g/mol. The van der Waals surface area contributed by atoms with Crippen LogP contribution in [0.2, 0.25) is 0 Å². The van der Waals surface area contributed by atoms with Crippen LogP contribution < -0.4 is 0 Å². The molecular formula is C51H30FN5O. The summed E-state index contributed by atoms with van der Waals surface area (Å²) >= 11 is 0. The molecule has 8 aromatic carbocycles. The fourth-order valence-electron chi connectivity index (χ4n) is 8.57. The van der Waals surface area contributed by atoms with E-state index in [4.69, 9.17) is 19.4 Å². The quantitative estimate of drug-likeness (QED) is 0.176. The van der Waals surface area contributed by atoms with Gasteiger partial charge in [0.2, 0.25) is 5.95 Å². The SMILES string of the molecule is Fc1ccc2oc3ccc(-c4nc(-c5ccccc5)nc(-n5c6ccccc6c6ccc(-c7ccc8c(c7)c7ccccc7n8-c7ccccc7)cc65)n4)cc3c2c1. The van der Waals surface area contributed by atoms with Gasteiger partial charge in [0.1, 0.15) is 17.0 Å². The Morgan fingerprint density at radius 2 is 0.914 bits per heavy atom. The van der Waals surface area contributed by atoms with Crippen molar-refractivity contribution in [2.24, 2.45) is 0 Å². The molecule has 0 bridgehead atoms. The molecule has 0 aliphatic rings. The van der Waals surface area contributed by atoms with Crippen LogP contribution >= 0.6 is 0 Å². The molecule has 0 saturated carbocycles. The molecule has 272 valence electrons. The van der Waals surface area contributed by atoms with Crippen molar-refractivity contribution in [3.05, 3.63) is 188 Å². The summed E-state index contributed by atoms with van der Waals surface area (Å²) in [6.45, 7) is 0. The molecule has 4 heterocycles. The lowest BCUT2D eigenvalue weighted by Crippen LogP contribution is -2.06. The average Bonchev–Trinajstić information content (AvgIpc) is 3.93. The Hall–Kier alpha value is -7.90. The van der Waals surface area contributed by atoms with Gasteiger partial charge in [-0.2, -0.15) is 9.97 Å². The van der Waals surface area contributed by atoms with Crippen molar-refractivity contribution in [1.29, 1.82) is 0 Å². The Kier molecular flexibility index (Phi) is 7.01. The zero-order valence-electron chi connectivity index (χ0n) is 30.8. The second-order valence-corrected chi connectivity index (χ2v) is 14.6. The van der Waals surface area contributed by atoms with E-state index in [9.17, 15) is 4.39 Å². The Labute approximate surface area is 330 Å². The van der Waals surface area contributed by atoms with Gasteiger partial charge in [-0.05, 0) is 90.0 Å². The van der Waals surface area contributed by atoms with Crippen molar-refractivity contribution >= 4 is 65.6 Å². The number of fused-ring (bicyclic) bond motifs is 9. The highest BCUT2D eigenvalue weighted by molar-refractivity contribution is 6.12. The minimum Gasteiger partial charge on any atom is -0.456 e. The van der Waals surface area contributed by atoms with Crippen LogP contribution in [-0.2, 0) is 0 Å². The second-order valence-electron chi connectivity index (χ2n) is 14.6. The summed E-state index contributed by atoms with van der Waals surface area (Å²) < 4.78 is 25.0. The number of hydrogen-bond donors (Lipinski definition) is 0. The van der Waals surface area contributed by atoms with E-state index < -0.39 is 0 Å². The van der Waals surface area contributed by atoms with Crippen molar-refractivity contribution in [3.8, 4) is 45.5 Å². The zero-order valence-corrected chi connectivity index (χ0v) is 30.8. The Bertz CT molecular complexity index is 3590. The van der Waals surface area contributed by atoms with Gasteiger partial charge in [-0.1, -0.05) is 103 Å².